The molecule has 23 heavy (non-hydrogen) atoms. The zero-order valence-corrected chi connectivity index (χ0v) is 14.4. The zero-order valence-electron chi connectivity index (χ0n) is 12.8. The molecule has 6 nitrogen and oxygen atoms in total. The van der Waals surface area contributed by atoms with Crippen LogP contribution in [0.5, 0.6) is 0 Å². The van der Waals surface area contributed by atoms with Gasteiger partial charge in [-0.2, -0.15) is 16.3 Å². The Labute approximate surface area is 145 Å². The number of carbonyl (C=O) groups is 1. The number of aryl methyl sites for hydroxylation is 1. The molecule has 1 aliphatic rings. The van der Waals surface area contributed by atoms with Crippen molar-refractivity contribution in [2.45, 2.75) is 25.7 Å². The lowest BCUT2D eigenvalue weighted by atomic mass is 10.1. The minimum atomic E-state index is 0. The Morgan fingerprint density at radius 2 is 2.43 bits per heavy atom. The monoisotopic (exact) mass is 356 g/mol. The molecule has 1 saturated heterocycles. The second-order valence-electron chi connectivity index (χ2n) is 5.52. The number of nitrogens with zero attached hydrogens (tertiary/aromatic N) is 2. The molecule has 1 fully saturated rings. The molecule has 0 aromatic carbocycles. The Hall–Kier alpha value is -1.44. The van der Waals surface area contributed by atoms with Crippen LogP contribution in [-0.4, -0.2) is 35.7 Å². The van der Waals surface area contributed by atoms with Gasteiger partial charge in [0.1, 0.15) is 0 Å². The quantitative estimate of drug-likeness (QED) is 0.795. The lowest BCUT2D eigenvalue weighted by Gasteiger charge is -2.08. The van der Waals surface area contributed by atoms with Crippen LogP contribution in [-0.2, 0) is 11.2 Å². The Balaban J connectivity index is 0.00000192. The van der Waals surface area contributed by atoms with E-state index >= 15 is 0 Å². The molecule has 1 amide bonds. The number of carbonyl (C=O) groups excluding carboxylic acids is 1. The van der Waals surface area contributed by atoms with E-state index in [1.807, 2.05) is 16.8 Å². The van der Waals surface area contributed by atoms with Crippen LogP contribution in [0.15, 0.2) is 21.3 Å². The van der Waals surface area contributed by atoms with Crippen molar-refractivity contribution in [2.75, 3.05) is 19.6 Å². The maximum atomic E-state index is 11.8. The Morgan fingerprint density at radius 3 is 3.17 bits per heavy atom. The number of rotatable bonds is 7. The van der Waals surface area contributed by atoms with Gasteiger partial charge in [0.2, 0.25) is 17.6 Å². The highest BCUT2D eigenvalue weighted by Gasteiger charge is 2.14. The smallest absolute Gasteiger partial charge is 0.227 e. The molecule has 0 spiro atoms. The summed E-state index contributed by atoms with van der Waals surface area (Å²) in [6.45, 7) is 2.92. The Bertz CT molecular complexity index is 596. The summed E-state index contributed by atoms with van der Waals surface area (Å²) in [5, 5.41) is 14.2. The SMILES string of the molecule is Cl.O=C(CCc1nc(-c2ccsc2)no1)NCCC1CCNC1. The number of amides is 1. The van der Waals surface area contributed by atoms with Crippen LogP contribution in [0.25, 0.3) is 11.4 Å². The van der Waals surface area contributed by atoms with E-state index in [1.54, 1.807) is 11.3 Å². The third-order valence-corrected chi connectivity index (χ3v) is 4.53. The first-order valence-electron chi connectivity index (χ1n) is 7.64. The molecule has 1 unspecified atom stereocenters. The Morgan fingerprint density at radius 1 is 1.52 bits per heavy atom. The second-order valence-corrected chi connectivity index (χ2v) is 6.30. The molecule has 2 aromatic heterocycles. The van der Waals surface area contributed by atoms with Gasteiger partial charge in [0.05, 0.1) is 0 Å². The van der Waals surface area contributed by atoms with Gasteiger partial charge in [0.15, 0.2) is 0 Å². The molecule has 0 saturated carbocycles. The second kappa shape index (κ2) is 9.00. The number of aromatic nitrogens is 2. The van der Waals surface area contributed by atoms with E-state index in [0.29, 0.717) is 30.5 Å². The summed E-state index contributed by atoms with van der Waals surface area (Å²) in [6.07, 6.45) is 3.12. The van der Waals surface area contributed by atoms with E-state index in [1.165, 1.54) is 6.42 Å². The van der Waals surface area contributed by atoms with Crippen molar-refractivity contribution >= 4 is 29.7 Å². The Kier molecular flexibility index (Phi) is 7.01. The largest absolute Gasteiger partial charge is 0.356 e. The van der Waals surface area contributed by atoms with Crippen LogP contribution < -0.4 is 10.6 Å². The number of thiophene rings is 1. The van der Waals surface area contributed by atoms with Crippen molar-refractivity contribution in [1.82, 2.24) is 20.8 Å². The maximum Gasteiger partial charge on any atom is 0.227 e. The van der Waals surface area contributed by atoms with E-state index in [4.69, 9.17) is 4.52 Å². The molecule has 0 bridgehead atoms. The topological polar surface area (TPSA) is 80.0 Å². The van der Waals surface area contributed by atoms with Crippen LogP contribution in [0, 0.1) is 5.92 Å². The van der Waals surface area contributed by atoms with Crippen molar-refractivity contribution in [3.63, 3.8) is 0 Å². The van der Waals surface area contributed by atoms with E-state index < -0.39 is 0 Å². The minimum absolute atomic E-state index is 0. The molecule has 2 N–H and O–H groups in total. The highest BCUT2D eigenvalue weighted by Crippen LogP contribution is 2.19. The molecule has 126 valence electrons. The minimum Gasteiger partial charge on any atom is -0.356 e. The molecular formula is C15H21ClN4O2S. The first kappa shape index (κ1) is 17.9. The van der Waals surface area contributed by atoms with Crippen LogP contribution in [0.4, 0.5) is 0 Å². The summed E-state index contributed by atoms with van der Waals surface area (Å²) in [4.78, 5) is 16.1. The highest BCUT2D eigenvalue weighted by atomic mass is 35.5. The maximum absolute atomic E-state index is 11.8. The summed E-state index contributed by atoms with van der Waals surface area (Å²) < 4.78 is 5.18. The molecule has 0 aliphatic carbocycles. The van der Waals surface area contributed by atoms with Gasteiger partial charge in [-0.1, -0.05) is 5.16 Å². The van der Waals surface area contributed by atoms with Gasteiger partial charge in [0, 0.05) is 30.3 Å². The van der Waals surface area contributed by atoms with Gasteiger partial charge in [-0.25, -0.2) is 0 Å². The average molecular weight is 357 g/mol. The summed E-state index contributed by atoms with van der Waals surface area (Å²) in [5.41, 5.74) is 0.953. The molecule has 0 radical (unpaired) electrons. The zero-order chi connectivity index (χ0) is 15.2. The fourth-order valence-electron chi connectivity index (χ4n) is 2.55. The normalized spacial score (nSPS) is 17.0. The highest BCUT2D eigenvalue weighted by molar-refractivity contribution is 7.08. The summed E-state index contributed by atoms with van der Waals surface area (Å²) in [6, 6.07) is 1.95. The standard InChI is InChI=1S/C15H20N4O2S.ClH/c20-13(17-7-4-11-3-6-16-9-11)1-2-14-18-15(19-21-14)12-5-8-22-10-12;/h5,8,10-11,16H,1-4,6-7,9H2,(H,17,20);1H. The van der Waals surface area contributed by atoms with E-state index in [0.717, 1.165) is 31.6 Å². The van der Waals surface area contributed by atoms with Crippen LogP contribution in [0.1, 0.15) is 25.2 Å². The van der Waals surface area contributed by atoms with Crippen LogP contribution in [0.2, 0.25) is 0 Å². The van der Waals surface area contributed by atoms with Crippen molar-refractivity contribution in [2.24, 2.45) is 5.92 Å². The van der Waals surface area contributed by atoms with Gasteiger partial charge >= 0.3 is 0 Å². The summed E-state index contributed by atoms with van der Waals surface area (Å²) >= 11 is 1.59. The number of hydrogen-bond acceptors (Lipinski definition) is 6. The fraction of sp³-hybridized carbons (Fsp3) is 0.533. The van der Waals surface area contributed by atoms with Crippen LogP contribution >= 0.6 is 23.7 Å². The van der Waals surface area contributed by atoms with Gasteiger partial charge in [-0.15, -0.1) is 12.4 Å². The molecule has 1 aliphatic heterocycles. The van der Waals surface area contributed by atoms with Gasteiger partial charge in [0.25, 0.3) is 0 Å². The van der Waals surface area contributed by atoms with Crippen molar-refractivity contribution in [3.05, 3.63) is 22.7 Å². The van der Waals surface area contributed by atoms with E-state index in [9.17, 15) is 4.79 Å². The van der Waals surface area contributed by atoms with Crippen molar-refractivity contribution < 1.29 is 9.32 Å². The van der Waals surface area contributed by atoms with Gasteiger partial charge < -0.3 is 15.2 Å². The first-order valence-corrected chi connectivity index (χ1v) is 8.58. The predicted molar refractivity (Wildman–Crippen MR) is 91.8 cm³/mol. The number of hydrogen-bond donors (Lipinski definition) is 2. The van der Waals surface area contributed by atoms with E-state index in [2.05, 4.69) is 20.8 Å². The molecule has 2 aromatic rings. The average Bonchev–Trinajstić information content (AvgIpc) is 3.26. The number of nitrogens with one attached hydrogen (secondary N) is 2. The van der Waals surface area contributed by atoms with Crippen molar-refractivity contribution in [3.8, 4) is 11.4 Å². The fourth-order valence-corrected chi connectivity index (χ4v) is 3.19. The lowest BCUT2D eigenvalue weighted by molar-refractivity contribution is -0.121. The molecule has 8 heteroatoms. The van der Waals surface area contributed by atoms with Crippen molar-refractivity contribution in [1.29, 1.82) is 0 Å². The molecule has 3 heterocycles. The predicted octanol–water partition coefficient (Wildman–Crippen LogP) is 2.27. The van der Waals surface area contributed by atoms with E-state index in [-0.39, 0.29) is 18.3 Å². The lowest BCUT2D eigenvalue weighted by Crippen LogP contribution is -2.26. The van der Waals surface area contributed by atoms with Gasteiger partial charge in [-0.3, -0.25) is 4.79 Å². The van der Waals surface area contributed by atoms with Gasteiger partial charge in [-0.05, 0) is 43.3 Å². The molecule has 1 atom stereocenters. The number of halogens is 1. The summed E-state index contributed by atoms with van der Waals surface area (Å²) in [7, 11) is 0. The summed E-state index contributed by atoms with van der Waals surface area (Å²) in [5.74, 6) is 1.84. The third-order valence-electron chi connectivity index (χ3n) is 3.85. The first-order chi connectivity index (χ1) is 10.8. The third kappa shape index (κ3) is 5.30. The molecule has 3 rings (SSSR count). The van der Waals surface area contributed by atoms with Crippen LogP contribution in [0.3, 0.4) is 0 Å². The molecular weight excluding hydrogens is 336 g/mol.